The van der Waals surface area contributed by atoms with Crippen molar-refractivity contribution in [1.29, 1.82) is 0 Å². The maximum Gasteiger partial charge on any atom is 0.136 e. The van der Waals surface area contributed by atoms with Crippen LogP contribution in [-0.2, 0) is 12.8 Å². The first kappa shape index (κ1) is 13.0. The summed E-state index contributed by atoms with van der Waals surface area (Å²) in [5.74, 6) is 0.811. The van der Waals surface area contributed by atoms with Crippen molar-refractivity contribution in [3.63, 3.8) is 0 Å². The van der Waals surface area contributed by atoms with Gasteiger partial charge in [-0.3, -0.25) is 0 Å². The molecule has 2 nitrogen and oxygen atoms in total. The third-order valence-electron chi connectivity index (χ3n) is 2.99. The number of aryl methyl sites for hydroxylation is 3. The van der Waals surface area contributed by atoms with Crippen LogP contribution in [0.4, 0.5) is 0 Å². The van der Waals surface area contributed by atoms with Gasteiger partial charge in [0.15, 0.2) is 0 Å². The molecule has 0 N–H and O–H groups in total. The van der Waals surface area contributed by atoms with Crippen molar-refractivity contribution in [2.45, 2.75) is 33.6 Å². The fraction of sp³-hybridized carbons (Fsp3) is 0.333. The van der Waals surface area contributed by atoms with E-state index in [2.05, 4.69) is 41.2 Å². The number of halogens is 1. The first-order chi connectivity index (χ1) is 8.60. The lowest BCUT2D eigenvalue weighted by atomic mass is 10.0. The first-order valence-electron chi connectivity index (χ1n) is 6.17. The van der Waals surface area contributed by atoms with Crippen molar-refractivity contribution < 1.29 is 0 Å². The molecule has 1 aromatic carbocycles. The van der Waals surface area contributed by atoms with E-state index in [1.807, 2.05) is 13.8 Å². The van der Waals surface area contributed by atoms with E-state index in [9.17, 15) is 0 Å². The highest BCUT2D eigenvalue weighted by atomic mass is 35.5. The van der Waals surface area contributed by atoms with Crippen molar-refractivity contribution in [2.24, 2.45) is 0 Å². The van der Waals surface area contributed by atoms with Gasteiger partial charge in [0.05, 0.1) is 0 Å². The van der Waals surface area contributed by atoms with Gasteiger partial charge in [-0.2, -0.15) is 0 Å². The molecule has 3 heteroatoms. The minimum Gasteiger partial charge on any atom is -0.238 e. The lowest BCUT2D eigenvalue weighted by molar-refractivity contribution is 0.893. The van der Waals surface area contributed by atoms with Gasteiger partial charge in [0, 0.05) is 24.1 Å². The zero-order chi connectivity index (χ0) is 13.1. The average molecular weight is 261 g/mol. The molecule has 0 fully saturated rings. The van der Waals surface area contributed by atoms with Crippen molar-refractivity contribution in [3.8, 4) is 0 Å². The molecule has 0 atom stereocenters. The van der Waals surface area contributed by atoms with Gasteiger partial charge in [0.2, 0.25) is 0 Å². The van der Waals surface area contributed by atoms with E-state index in [1.165, 1.54) is 11.1 Å². The predicted octanol–water partition coefficient (Wildman–Crippen LogP) is 3.90. The second-order valence-electron chi connectivity index (χ2n) is 4.51. The van der Waals surface area contributed by atoms with E-state index >= 15 is 0 Å². The smallest absolute Gasteiger partial charge is 0.136 e. The molecule has 0 saturated heterocycles. The number of aromatic nitrogens is 2. The van der Waals surface area contributed by atoms with Crippen molar-refractivity contribution >= 4 is 11.6 Å². The molecule has 0 unspecified atom stereocenters. The van der Waals surface area contributed by atoms with E-state index in [1.54, 1.807) is 0 Å². The van der Waals surface area contributed by atoms with Crippen LogP contribution in [0.2, 0.25) is 5.15 Å². The Morgan fingerprint density at radius 3 is 2.56 bits per heavy atom. The summed E-state index contributed by atoms with van der Waals surface area (Å²) in [5.41, 5.74) is 4.51. The Morgan fingerprint density at radius 1 is 1.17 bits per heavy atom. The Kier molecular flexibility index (Phi) is 3.97. The van der Waals surface area contributed by atoms with Gasteiger partial charge in [0.25, 0.3) is 0 Å². The Hall–Kier alpha value is -1.41. The molecule has 0 radical (unpaired) electrons. The fourth-order valence-corrected chi connectivity index (χ4v) is 2.30. The monoisotopic (exact) mass is 260 g/mol. The molecule has 0 saturated carbocycles. The van der Waals surface area contributed by atoms with Gasteiger partial charge in [-0.1, -0.05) is 48.4 Å². The summed E-state index contributed by atoms with van der Waals surface area (Å²) < 4.78 is 0. The van der Waals surface area contributed by atoms with Gasteiger partial charge in [-0.05, 0) is 19.4 Å². The fourth-order valence-electron chi connectivity index (χ4n) is 2.00. The van der Waals surface area contributed by atoms with Gasteiger partial charge in [-0.15, -0.1) is 0 Å². The summed E-state index contributed by atoms with van der Waals surface area (Å²) in [7, 11) is 0. The highest BCUT2D eigenvalue weighted by molar-refractivity contribution is 6.30. The van der Waals surface area contributed by atoms with Crippen LogP contribution in [0.5, 0.6) is 0 Å². The molecule has 1 aromatic heterocycles. The molecule has 2 rings (SSSR count). The van der Waals surface area contributed by atoms with Crippen LogP contribution in [0.3, 0.4) is 0 Å². The molecular formula is C15H17ClN2. The number of benzene rings is 1. The van der Waals surface area contributed by atoms with Gasteiger partial charge in [0.1, 0.15) is 11.0 Å². The number of hydrogen-bond acceptors (Lipinski definition) is 2. The van der Waals surface area contributed by atoms with Gasteiger partial charge < -0.3 is 0 Å². The third-order valence-corrected chi connectivity index (χ3v) is 3.30. The maximum absolute atomic E-state index is 6.25. The highest BCUT2D eigenvalue weighted by Gasteiger charge is 2.10. The van der Waals surface area contributed by atoms with E-state index in [0.717, 1.165) is 29.9 Å². The van der Waals surface area contributed by atoms with Gasteiger partial charge >= 0.3 is 0 Å². The van der Waals surface area contributed by atoms with Crippen molar-refractivity contribution in [2.75, 3.05) is 0 Å². The van der Waals surface area contributed by atoms with Crippen LogP contribution >= 0.6 is 11.6 Å². The van der Waals surface area contributed by atoms with Gasteiger partial charge in [-0.25, -0.2) is 9.97 Å². The molecule has 1 heterocycles. The average Bonchev–Trinajstić information content (AvgIpc) is 2.33. The Bertz CT molecular complexity index is 541. The largest absolute Gasteiger partial charge is 0.238 e. The number of hydrogen-bond donors (Lipinski definition) is 0. The number of nitrogens with zero attached hydrogens (tertiary/aromatic N) is 2. The van der Waals surface area contributed by atoms with Crippen LogP contribution in [0.15, 0.2) is 24.3 Å². The van der Waals surface area contributed by atoms with Crippen LogP contribution in [0.1, 0.15) is 35.1 Å². The minimum absolute atomic E-state index is 0.584. The zero-order valence-corrected chi connectivity index (χ0v) is 11.8. The zero-order valence-electron chi connectivity index (χ0n) is 11.0. The van der Waals surface area contributed by atoms with Crippen LogP contribution in [0.25, 0.3) is 0 Å². The molecule has 18 heavy (non-hydrogen) atoms. The molecule has 0 aliphatic heterocycles. The molecular weight excluding hydrogens is 244 g/mol. The summed E-state index contributed by atoms with van der Waals surface area (Å²) in [4.78, 5) is 8.80. The first-order valence-corrected chi connectivity index (χ1v) is 6.55. The summed E-state index contributed by atoms with van der Waals surface area (Å²) in [6.07, 6.45) is 1.60. The van der Waals surface area contributed by atoms with Crippen LogP contribution < -0.4 is 0 Å². The molecule has 0 bridgehead atoms. The van der Waals surface area contributed by atoms with Crippen molar-refractivity contribution in [1.82, 2.24) is 9.97 Å². The molecule has 0 aliphatic carbocycles. The standard InChI is InChI=1S/C15H17ClN2/c1-4-14-17-11(3)13(15(16)18-14)9-12-7-5-6-10(2)8-12/h5-8H,4,9H2,1-3H3. The third kappa shape index (κ3) is 2.88. The maximum atomic E-state index is 6.25. The molecule has 0 aliphatic rings. The Balaban J connectivity index is 2.35. The summed E-state index contributed by atoms with van der Waals surface area (Å²) in [5, 5.41) is 0.584. The lowest BCUT2D eigenvalue weighted by Gasteiger charge is -2.09. The topological polar surface area (TPSA) is 25.8 Å². The highest BCUT2D eigenvalue weighted by Crippen LogP contribution is 2.21. The van der Waals surface area contributed by atoms with Crippen molar-refractivity contribution in [3.05, 3.63) is 57.6 Å². The lowest BCUT2D eigenvalue weighted by Crippen LogP contribution is -2.03. The van der Waals surface area contributed by atoms with E-state index < -0.39 is 0 Å². The molecule has 94 valence electrons. The quantitative estimate of drug-likeness (QED) is 0.783. The SMILES string of the molecule is CCc1nc(C)c(Cc2cccc(C)c2)c(Cl)n1. The second-order valence-corrected chi connectivity index (χ2v) is 4.87. The molecule has 2 aromatic rings. The van der Waals surface area contributed by atoms with E-state index in [0.29, 0.717) is 5.15 Å². The van der Waals surface area contributed by atoms with E-state index in [4.69, 9.17) is 11.6 Å². The summed E-state index contributed by atoms with van der Waals surface area (Å²) in [6, 6.07) is 8.43. The Morgan fingerprint density at radius 2 is 1.94 bits per heavy atom. The summed E-state index contributed by atoms with van der Waals surface area (Å²) in [6.45, 7) is 6.12. The predicted molar refractivity (Wildman–Crippen MR) is 75.1 cm³/mol. The minimum atomic E-state index is 0.584. The Labute approximate surface area is 113 Å². The normalized spacial score (nSPS) is 10.7. The second kappa shape index (κ2) is 5.49. The summed E-state index contributed by atoms with van der Waals surface area (Å²) >= 11 is 6.25. The van der Waals surface area contributed by atoms with Crippen LogP contribution in [0, 0.1) is 13.8 Å². The van der Waals surface area contributed by atoms with Crippen LogP contribution in [-0.4, -0.2) is 9.97 Å². The molecule has 0 spiro atoms. The molecule has 0 amide bonds. The van der Waals surface area contributed by atoms with E-state index in [-0.39, 0.29) is 0 Å². The number of rotatable bonds is 3.